The smallest absolute Gasteiger partial charge is 0.336 e. The zero-order valence-corrected chi connectivity index (χ0v) is 19.8. The largest absolute Gasteiger partial charge is 0.504 e. The normalized spacial score (nSPS) is 19.9. The summed E-state index contributed by atoms with van der Waals surface area (Å²) in [5.74, 6) is -0.0747. The van der Waals surface area contributed by atoms with Crippen molar-refractivity contribution in [3.63, 3.8) is 0 Å². The van der Waals surface area contributed by atoms with E-state index in [2.05, 4.69) is 5.32 Å². The molecule has 2 aliphatic rings. The number of ether oxygens (including phenoxy) is 3. The SMILES string of the molecule is CCOC(=O)C1=C(C)NC2=C(C(=O)C[C@H](c3ccc(OC)cc3)C2)[C@@H]1c1ccc(O)c(OC)c1. The quantitative estimate of drug-likeness (QED) is 0.616. The van der Waals surface area contributed by atoms with Crippen LogP contribution in [0.4, 0.5) is 0 Å². The first-order chi connectivity index (χ1) is 16.4. The van der Waals surface area contributed by atoms with Gasteiger partial charge in [0.15, 0.2) is 17.3 Å². The van der Waals surface area contributed by atoms with Crippen molar-refractivity contribution in [2.24, 2.45) is 0 Å². The van der Waals surface area contributed by atoms with Crippen LogP contribution >= 0.6 is 0 Å². The molecule has 34 heavy (non-hydrogen) atoms. The summed E-state index contributed by atoms with van der Waals surface area (Å²) in [7, 11) is 3.08. The number of nitrogens with one attached hydrogen (secondary N) is 1. The predicted molar refractivity (Wildman–Crippen MR) is 127 cm³/mol. The number of ketones is 1. The fraction of sp³-hybridized carbons (Fsp3) is 0.333. The fourth-order valence-corrected chi connectivity index (χ4v) is 4.84. The number of benzene rings is 2. The van der Waals surface area contributed by atoms with Crippen molar-refractivity contribution in [1.29, 1.82) is 0 Å². The van der Waals surface area contributed by atoms with Crippen molar-refractivity contribution in [2.75, 3.05) is 20.8 Å². The summed E-state index contributed by atoms with van der Waals surface area (Å²) in [4.78, 5) is 26.6. The summed E-state index contributed by atoms with van der Waals surface area (Å²) >= 11 is 0. The van der Waals surface area contributed by atoms with Gasteiger partial charge in [0.1, 0.15) is 5.75 Å². The lowest BCUT2D eigenvalue weighted by Crippen LogP contribution is -2.36. The van der Waals surface area contributed by atoms with Gasteiger partial charge in [-0.1, -0.05) is 18.2 Å². The summed E-state index contributed by atoms with van der Waals surface area (Å²) in [6.45, 7) is 3.79. The van der Waals surface area contributed by atoms with Crippen LogP contribution in [0.3, 0.4) is 0 Å². The van der Waals surface area contributed by atoms with Gasteiger partial charge >= 0.3 is 5.97 Å². The van der Waals surface area contributed by atoms with Crippen LogP contribution in [0.15, 0.2) is 65.0 Å². The van der Waals surface area contributed by atoms with E-state index in [1.54, 1.807) is 26.2 Å². The highest BCUT2D eigenvalue weighted by molar-refractivity contribution is 6.04. The average Bonchev–Trinajstić information content (AvgIpc) is 2.83. The van der Waals surface area contributed by atoms with Crippen LogP contribution in [0.2, 0.25) is 0 Å². The number of dihydropyridines is 1. The zero-order valence-electron chi connectivity index (χ0n) is 19.8. The molecule has 2 N–H and O–H groups in total. The Morgan fingerprint density at radius 2 is 1.76 bits per heavy atom. The number of allylic oxidation sites excluding steroid dienone is 3. The van der Waals surface area contributed by atoms with E-state index in [0.29, 0.717) is 35.2 Å². The second-order valence-corrected chi connectivity index (χ2v) is 8.44. The minimum absolute atomic E-state index is 0.0107. The van der Waals surface area contributed by atoms with Crippen LogP contribution in [0, 0.1) is 0 Å². The Morgan fingerprint density at radius 1 is 1.06 bits per heavy atom. The van der Waals surface area contributed by atoms with Gasteiger partial charge in [0.25, 0.3) is 0 Å². The predicted octanol–water partition coefficient (Wildman–Crippen LogP) is 4.33. The number of rotatable bonds is 6. The second-order valence-electron chi connectivity index (χ2n) is 8.44. The molecule has 0 bridgehead atoms. The van der Waals surface area contributed by atoms with Crippen molar-refractivity contribution < 1.29 is 28.9 Å². The van der Waals surface area contributed by atoms with Crippen molar-refractivity contribution in [3.05, 3.63) is 76.1 Å². The first-order valence-corrected chi connectivity index (χ1v) is 11.3. The van der Waals surface area contributed by atoms with E-state index in [-0.39, 0.29) is 29.8 Å². The van der Waals surface area contributed by atoms with Crippen molar-refractivity contribution in [2.45, 2.75) is 38.5 Å². The molecule has 4 rings (SSSR count). The molecule has 0 radical (unpaired) electrons. The Kier molecular flexibility index (Phi) is 6.63. The summed E-state index contributed by atoms with van der Waals surface area (Å²) in [6.07, 6.45) is 0.959. The van der Waals surface area contributed by atoms with Crippen LogP contribution in [-0.4, -0.2) is 37.7 Å². The topological polar surface area (TPSA) is 94.1 Å². The van der Waals surface area contributed by atoms with Crippen molar-refractivity contribution in [1.82, 2.24) is 5.32 Å². The maximum absolute atomic E-state index is 13.6. The van der Waals surface area contributed by atoms with Crippen molar-refractivity contribution >= 4 is 11.8 Å². The maximum Gasteiger partial charge on any atom is 0.336 e. The third kappa shape index (κ3) is 4.25. The number of hydrogen-bond acceptors (Lipinski definition) is 7. The Morgan fingerprint density at radius 3 is 2.41 bits per heavy atom. The molecule has 7 nitrogen and oxygen atoms in total. The average molecular weight is 464 g/mol. The molecular weight excluding hydrogens is 434 g/mol. The highest BCUT2D eigenvalue weighted by atomic mass is 16.5. The number of aromatic hydroxyl groups is 1. The summed E-state index contributed by atoms with van der Waals surface area (Å²) in [6, 6.07) is 12.7. The van der Waals surface area contributed by atoms with Gasteiger partial charge in [-0.15, -0.1) is 0 Å². The number of carbonyl (C=O) groups is 2. The standard InChI is InChI=1S/C27H29NO6/c1-5-34-27(31)24-15(2)28-20-12-18(16-6-9-19(32-3)10-7-16)13-22(30)26(20)25(24)17-8-11-21(29)23(14-17)33-4/h6-11,14,18,25,28-29H,5,12-13H2,1-4H3/t18-,25-/m1/s1. The molecule has 1 heterocycles. The molecule has 2 aromatic carbocycles. The van der Waals surface area contributed by atoms with Gasteiger partial charge in [-0.3, -0.25) is 4.79 Å². The minimum atomic E-state index is -0.617. The monoisotopic (exact) mass is 463 g/mol. The molecule has 0 aromatic heterocycles. The summed E-state index contributed by atoms with van der Waals surface area (Å²) in [5.41, 5.74) is 4.15. The molecule has 1 aliphatic carbocycles. The van der Waals surface area contributed by atoms with E-state index in [1.165, 1.54) is 13.2 Å². The number of phenols is 1. The van der Waals surface area contributed by atoms with E-state index >= 15 is 0 Å². The minimum Gasteiger partial charge on any atom is -0.504 e. The Labute approximate surface area is 199 Å². The number of methoxy groups -OCH3 is 2. The molecule has 0 saturated heterocycles. The van der Waals surface area contributed by atoms with Gasteiger partial charge in [0.05, 0.1) is 26.4 Å². The number of carbonyl (C=O) groups excluding carboxylic acids is 2. The fourth-order valence-electron chi connectivity index (χ4n) is 4.84. The molecule has 0 unspecified atom stereocenters. The summed E-state index contributed by atoms with van der Waals surface area (Å²) < 4.78 is 15.9. The molecule has 0 saturated carbocycles. The van der Waals surface area contributed by atoms with Gasteiger partial charge in [-0.25, -0.2) is 4.79 Å². The molecule has 7 heteroatoms. The van der Waals surface area contributed by atoms with Crippen LogP contribution in [0.25, 0.3) is 0 Å². The molecule has 1 aliphatic heterocycles. The number of Topliss-reactive ketones (excluding diaryl/α,β-unsaturated/α-hetero) is 1. The molecule has 178 valence electrons. The van der Waals surface area contributed by atoms with Crippen LogP contribution < -0.4 is 14.8 Å². The van der Waals surface area contributed by atoms with Gasteiger partial charge in [-0.05, 0) is 61.6 Å². The summed E-state index contributed by atoms with van der Waals surface area (Å²) in [5, 5.41) is 13.4. The first kappa shape index (κ1) is 23.4. The van der Waals surface area contributed by atoms with E-state index in [9.17, 15) is 14.7 Å². The van der Waals surface area contributed by atoms with Crippen LogP contribution in [0.5, 0.6) is 17.2 Å². The van der Waals surface area contributed by atoms with E-state index in [4.69, 9.17) is 14.2 Å². The molecule has 0 spiro atoms. The van der Waals surface area contributed by atoms with Gasteiger partial charge in [0, 0.05) is 29.3 Å². The number of phenolic OH excluding ortho intramolecular Hbond substituents is 1. The lowest BCUT2D eigenvalue weighted by molar-refractivity contribution is -0.138. The molecule has 2 aromatic rings. The molecule has 0 fully saturated rings. The lowest BCUT2D eigenvalue weighted by atomic mass is 9.71. The number of hydrogen-bond donors (Lipinski definition) is 2. The highest BCUT2D eigenvalue weighted by Gasteiger charge is 2.41. The molecule has 0 amide bonds. The molecular formula is C27H29NO6. The first-order valence-electron chi connectivity index (χ1n) is 11.3. The Bertz CT molecular complexity index is 1180. The van der Waals surface area contributed by atoms with E-state index in [1.807, 2.05) is 31.2 Å². The lowest BCUT2D eigenvalue weighted by Gasteiger charge is -2.36. The van der Waals surface area contributed by atoms with E-state index < -0.39 is 11.9 Å². The highest BCUT2D eigenvalue weighted by Crippen LogP contribution is 2.47. The van der Waals surface area contributed by atoms with Gasteiger partial charge < -0.3 is 24.6 Å². The zero-order chi connectivity index (χ0) is 24.4. The third-order valence-corrected chi connectivity index (χ3v) is 6.45. The molecule has 2 atom stereocenters. The second kappa shape index (κ2) is 9.63. The maximum atomic E-state index is 13.6. The van der Waals surface area contributed by atoms with Crippen LogP contribution in [0.1, 0.15) is 49.7 Å². The number of esters is 1. The Hall–Kier alpha value is -3.74. The van der Waals surface area contributed by atoms with Crippen molar-refractivity contribution in [3.8, 4) is 17.2 Å². The van der Waals surface area contributed by atoms with Crippen LogP contribution in [-0.2, 0) is 14.3 Å². The van der Waals surface area contributed by atoms with Gasteiger partial charge in [-0.2, -0.15) is 0 Å². The Balaban J connectivity index is 1.79. The van der Waals surface area contributed by atoms with E-state index in [0.717, 1.165) is 17.0 Å². The van der Waals surface area contributed by atoms with Gasteiger partial charge in [0.2, 0.25) is 0 Å². The third-order valence-electron chi connectivity index (χ3n) is 6.45.